The number of hydrogen-bond acceptors (Lipinski definition) is 6. The first-order chi connectivity index (χ1) is 12.3. The quantitative estimate of drug-likeness (QED) is 0.737. The largest absolute Gasteiger partial charge is 0.484 e. The number of rotatable bonds is 8. The number of hydrogen-bond donors (Lipinski definition) is 1. The molecule has 0 aliphatic carbocycles. The fourth-order valence-electron chi connectivity index (χ4n) is 1.95. The molecule has 0 aliphatic rings. The van der Waals surface area contributed by atoms with E-state index in [-0.39, 0.29) is 23.3 Å². The van der Waals surface area contributed by atoms with E-state index >= 15 is 0 Å². The second kappa shape index (κ2) is 8.80. The Bertz CT molecular complexity index is 897. The lowest BCUT2D eigenvalue weighted by Gasteiger charge is -2.08. The van der Waals surface area contributed by atoms with Crippen LogP contribution in [0.25, 0.3) is 0 Å². The normalized spacial score (nSPS) is 11.2. The highest BCUT2D eigenvalue weighted by Crippen LogP contribution is 2.23. The molecule has 138 valence electrons. The molecule has 1 aromatic carbocycles. The van der Waals surface area contributed by atoms with Crippen LogP contribution in [0.5, 0.6) is 5.75 Å². The molecule has 1 aromatic heterocycles. The summed E-state index contributed by atoms with van der Waals surface area (Å²) in [6.45, 7) is 0.0861. The van der Waals surface area contributed by atoms with Crippen LogP contribution in [0.2, 0.25) is 0 Å². The molecule has 0 saturated carbocycles. The van der Waals surface area contributed by atoms with Gasteiger partial charge in [-0.05, 0) is 29.8 Å². The summed E-state index contributed by atoms with van der Waals surface area (Å²) in [5.74, 6) is 0.230. The van der Waals surface area contributed by atoms with Crippen LogP contribution < -0.4 is 10.1 Å². The van der Waals surface area contributed by atoms with Gasteiger partial charge >= 0.3 is 0 Å². The van der Waals surface area contributed by atoms with Gasteiger partial charge in [-0.15, -0.1) is 11.3 Å². The van der Waals surface area contributed by atoms with Gasteiger partial charge in [-0.1, -0.05) is 12.1 Å². The molecule has 0 radical (unpaired) electrons. The summed E-state index contributed by atoms with van der Waals surface area (Å²) in [7, 11) is -0.508. The van der Waals surface area contributed by atoms with Crippen LogP contribution in [0.15, 0.2) is 40.6 Å². The number of sulfonamides is 1. The standard InChI is InChI=1S/C17H19N3O4S2/c1-20(2)26(22,23)17-8-7-15(25-17)11-19-16(21)12-24-14-5-3-13(4-6-14)9-10-18/h3-8H,9,11-12H2,1-2H3,(H,19,21). The molecule has 26 heavy (non-hydrogen) atoms. The summed E-state index contributed by atoms with van der Waals surface area (Å²) in [6.07, 6.45) is 0.326. The van der Waals surface area contributed by atoms with Gasteiger partial charge in [0, 0.05) is 19.0 Å². The van der Waals surface area contributed by atoms with Crippen molar-refractivity contribution >= 4 is 27.3 Å². The molecule has 1 heterocycles. The van der Waals surface area contributed by atoms with Crippen LogP contribution >= 0.6 is 11.3 Å². The first-order valence-corrected chi connectivity index (χ1v) is 9.95. The second-order valence-corrected chi connectivity index (χ2v) is 9.10. The van der Waals surface area contributed by atoms with Crippen LogP contribution in [0.1, 0.15) is 10.4 Å². The zero-order chi connectivity index (χ0) is 19.2. The highest BCUT2D eigenvalue weighted by Gasteiger charge is 2.19. The molecule has 2 rings (SSSR count). The van der Waals surface area contributed by atoms with Gasteiger partial charge in [0.1, 0.15) is 9.96 Å². The van der Waals surface area contributed by atoms with E-state index in [4.69, 9.17) is 10.00 Å². The van der Waals surface area contributed by atoms with E-state index < -0.39 is 10.0 Å². The molecule has 0 fully saturated rings. The Labute approximate surface area is 156 Å². The third-order valence-electron chi connectivity index (χ3n) is 3.41. The van der Waals surface area contributed by atoms with Crippen LogP contribution in [0.3, 0.4) is 0 Å². The average Bonchev–Trinajstić information content (AvgIpc) is 3.09. The topological polar surface area (TPSA) is 99.5 Å². The van der Waals surface area contributed by atoms with Gasteiger partial charge in [0.05, 0.1) is 19.0 Å². The lowest BCUT2D eigenvalue weighted by Crippen LogP contribution is -2.28. The van der Waals surface area contributed by atoms with E-state index in [1.807, 2.05) is 0 Å². The average molecular weight is 393 g/mol. The lowest BCUT2D eigenvalue weighted by molar-refractivity contribution is -0.123. The minimum Gasteiger partial charge on any atom is -0.484 e. The lowest BCUT2D eigenvalue weighted by atomic mass is 10.2. The number of nitrogens with one attached hydrogen (secondary N) is 1. The maximum absolute atomic E-state index is 12.0. The molecule has 0 unspecified atom stereocenters. The monoisotopic (exact) mass is 393 g/mol. The summed E-state index contributed by atoms with van der Waals surface area (Å²) in [4.78, 5) is 12.6. The first kappa shape index (κ1) is 19.9. The summed E-state index contributed by atoms with van der Waals surface area (Å²) in [5.41, 5.74) is 0.880. The molecular weight excluding hydrogens is 374 g/mol. The summed E-state index contributed by atoms with van der Waals surface area (Å²) >= 11 is 1.12. The smallest absolute Gasteiger partial charge is 0.258 e. The molecule has 1 N–H and O–H groups in total. The molecule has 0 aliphatic heterocycles. The Hall–Kier alpha value is -2.41. The van der Waals surface area contributed by atoms with E-state index in [1.165, 1.54) is 20.2 Å². The number of thiophene rings is 1. The van der Waals surface area contributed by atoms with Crippen molar-refractivity contribution in [1.82, 2.24) is 9.62 Å². The number of nitriles is 1. The number of carbonyl (C=O) groups excluding carboxylic acids is 1. The van der Waals surface area contributed by atoms with Gasteiger partial charge in [0.2, 0.25) is 0 Å². The molecule has 0 saturated heterocycles. The van der Waals surface area contributed by atoms with Gasteiger partial charge in [-0.3, -0.25) is 4.79 Å². The van der Waals surface area contributed by atoms with Crippen LogP contribution in [0, 0.1) is 11.3 Å². The van der Waals surface area contributed by atoms with Crippen molar-refractivity contribution in [2.75, 3.05) is 20.7 Å². The van der Waals surface area contributed by atoms with Crippen molar-refractivity contribution in [2.24, 2.45) is 0 Å². The number of nitrogens with zero attached hydrogens (tertiary/aromatic N) is 2. The number of carbonyl (C=O) groups is 1. The third-order valence-corrected chi connectivity index (χ3v) is 6.78. The van der Waals surface area contributed by atoms with Gasteiger partial charge in [-0.25, -0.2) is 12.7 Å². The van der Waals surface area contributed by atoms with E-state index in [2.05, 4.69) is 11.4 Å². The fourth-order valence-corrected chi connectivity index (χ4v) is 4.42. The minimum atomic E-state index is -3.45. The van der Waals surface area contributed by atoms with Gasteiger partial charge in [0.15, 0.2) is 6.61 Å². The van der Waals surface area contributed by atoms with E-state index in [1.54, 1.807) is 30.3 Å². The Morgan fingerprint density at radius 1 is 1.23 bits per heavy atom. The number of ether oxygens (including phenoxy) is 1. The van der Waals surface area contributed by atoms with Crippen LogP contribution in [-0.4, -0.2) is 39.3 Å². The molecular formula is C17H19N3O4S2. The van der Waals surface area contributed by atoms with Crippen molar-refractivity contribution in [3.8, 4) is 11.8 Å². The Kier molecular flexibility index (Phi) is 6.74. The Morgan fingerprint density at radius 2 is 1.92 bits per heavy atom. The van der Waals surface area contributed by atoms with Crippen molar-refractivity contribution in [3.63, 3.8) is 0 Å². The SMILES string of the molecule is CN(C)S(=O)(=O)c1ccc(CNC(=O)COc2ccc(CC#N)cc2)s1. The van der Waals surface area contributed by atoms with Gasteiger partial charge in [0.25, 0.3) is 15.9 Å². The predicted octanol–water partition coefficient (Wildman–Crippen LogP) is 1.76. The molecule has 0 bridgehead atoms. The van der Waals surface area contributed by atoms with E-state index in [0.717, 1.165) is 26.1 Å². The minimum absolute atomic E-state index is 0.147. The van der Waals surface area contributed by atoms with E-state index in [0.29, 0.717) is 12.2 Å². The Balaban J connectivity index is 1.82. The molecule has 7 nitrogen and oxygen atoms in total. The van der Waals surface area contributed by atoms with Gasteiger partial charge in [-0.2, -0.15) is 5.26 Å². The van der Waals surface area contributed by atoms with Crippen LogP contribution in [-0.2, 0) is 27.8 Å². The molecule has 1 amide bonds. The zero-order valence-corrected chi connectivity index (χ0v) is 16.1. The molecule has 0 spiro atoms. The molecule has 0 atom stereocenters. The highest BCUT2D eigenvalue weighted by atomic mass is 32.2. The first-order valence-electron chi connectivity index (χ1n) is 7.69. The van der Waals surface area contributed by atoms with Crippen molar-refractivity contribution < 1.29 is 17.9 Å². The maximum Gasteiger partial charge on any atom is 0.258 e. The van der Waals surface area contributed by atoms with Crippen molar-refractivity contribution in [3.05, 3.63) is 46.8 Å². The third kappa shape index (κ3) is 5.29. The van der Waals surface area contributed by atoms with Gasteiger partial charge < -0.3 is 10.1 Å². The van der Waals surface area contributed by atoms with Crippen molar-refractivity contribution in [2.45, 2.75) is 17.2 Å². The summed E-state index contributed by atoms with van der Waals surface area (Å²) < 4.78 is 30.8. The number of amides is 1. The molecule has 2 aromatic rings. The zero-order valence-electron chi connectivity index (χ0n) is 14.4. The highest BCUT2D eigenvalue weighted by molar-refractivity contribution is 7.91. The Morgan fingerprint density at radius 3 is 2.54 bits per heavy atom. The number of benzene rings is 1. The van der Waals surface area contributed by atoms with Crippen molar-refractivity contribution in [1.29, 1.82) is 5.26 Å². The van der Waals surface area contributed by atoms with Crippen LogP contribution in [0.4, 0.5) is 0 Å². The molecule has 9 heteroatoms. The fraction of sp³-hybridized carbons (Fsp3) is 0.294. The summed E-state index contributed by atoms with van der Waals surface area (Å²) in [6, 6.07) is 12.2. The summed E-state index contributed by atoms with van der Waals surface area (Å²) in [5, 5.41) is 11.3. The maximum atomic E-state index is 12.0. The van der Waals surface area contributed by atoms with E-state index in [9.17, 15) is 13.2 Å². The second-order valence-electron chi connectivity index (χ2n) is 5.55. The predicted molar refractivity (Wildman–Crippen MR) is 98.3 cm³/mol.